The Morgan fingerprint density at radius 2 is 1.62 bits per heavy atom. The lowest BCUT2D eigenvalue weighted by molar-refractivity contribution is -0.0192. The second-order valence-electron chi connectivity index (χ2n) is 8.80. The van der Waals surface area contributed by atoms with Crippen molar-refractivity contribution in [2.45, 2.75) is 50.5 Å². The molecule has 5 rings (SSSR count). The van der Waals surface area contributed by atoms with E-state index in [2.05, 4.69) is 16.7 Å². The van der Waals surface area contributed by atoms with Crippen LogP contribution in [0, 0.1) is 17.8 Å². The Morgan fingerprint density at radius 3 is 2.23 bits per heavy atom. The Hall–Kier alpha value is -1.26. The highest BCUT2D eigenvalue weighted by Gasteiger charge is 2.50. The third-order valence-corrected chi connectivity index (χ3v) is 6.90. The van der Waals surface area contributed by atoms with Gasteiger partial charge in [-0.05, 0) is 93.0 Å². The molecule has 0 spiro atoms. The van der Waals surface area contributed by atoms with Crippen LogP contribution in [0.15, 0.2) is 18.2 Å². The van der Waals surface area contributed by atoms with Crippen molar-refractivity contribution >= 4 is 0 Å². The number of nitrogens with one attached hydrogen (secondary N) is 2. The van der Waals surface area contributed by atoms with Crippen LogP contribution in [-0.2, 0) is 6.42 Å². The molecule has 4 nitrogen and oxygen atoms in total. The van der Waals surface area contributed by atoms with Crippen LogP contribution in [0.2, 0.25) is 0 Å². The third kappa shape index (κ3) is 3.86. The quantitative estimate of drug-likeness (QED) is 0.664. The highest BCUT2D eigenvalue weighted by Crippen LogP contribution is 2.55. The van der Waals surface area contributed by atoms with E-state index in [1.54, 1.807) is 14.2 Å². The van der Waals surface area contributed by atoms with Gasteiger partial charge in [0, 0.05) is 18.6 Å². The van der Waals surface area contributed by atoms with E-state index in [-0.39, 0.29) is 0 Å². The van der Waals surface area contributed by atoms with Gasteiger partial charge in [0.05, 0.1) is 14.2 Å². The lowest BCUT2D eigenvalue weighted by atomic mass is 9.53. The van der Waals surface area contributed by atoms with E-state index < -0.39 is 0 Å². The first-order chi connectivity index (χ1) is 12.7. The van der Waals surface area contributed by atoms with Gasteiger partial charge < -0.3 is 20.1 Å². The molecule has 4 bridgehead atoms. The van der Waals surface area contributed by atoms with E-state index >= 15 is 0 Å². The smallest absolute Gasteiger partial charge is 0.122 e. The van der Waals surface area contributed by atoms with Crippen LogP contribution in [0.3, 0.4) is 0 Å². The average molecular weight is 359 g/mol. The first kappa shape index (κ1) is 18.1. The molecule has 2 N–H and O–H groups in total. The summed E-state index contributed by atoms with van der Waals surface area (Å²) in [5.41, 5.74) is 1.68. The molecular formula is C22H34N2O2. The summed E-state index contributed by atoms with van der Waals surface area (Å²) in [6, 6.07) is 6.02. The molecule has 1 aromatic carbocycles. The summed E-state index contributed by atoms with van der Waals surface area (Å²) in [5.74, 6) is 4.88. The minimum absolute atomic E-state index is 0.479. The molecule has 4 aliphatic carbocycles. The molecule has 0 unspecified atom stereocenters. The molecule has 4 heteroatoms. The molecule has 144 valence electrons. The van der Waals surface area contributed by atoms with Crippen molar-refractivity contribution < 1.29 is 9.47 Å². The summed E-state index contributed by atoms with van der Waals surface area (Å²) in [7, 11) is 3.44. The first-order valence-electron chi connectivity index (χ1n) is 10.4. The molecule has 0 amide bonds. The van der Waals surface area contributed by atoms with E-state index in [0.29, 0.717) is 5.54 Å². The van der Waals surface area contributed by atoms with Gasteiger partial charge in [-0.15, -0.1) is 0 Å². The summed E-state index contributed by atoms with van der Waals surface area (Å²) in [5, 5.41) is 7.56. The van der Waals surface area contributed by atoms with Gasteiger partial charge in [-0.2, -0.15) is 0 Å². The molecular weight excluding hydrogens is 324 g/mol. The second kappa shape index (κ2) is 7.77. The lowest BCUT2D eigenvalue weighted by Crippen LogP contribution is -2.59. The fraction of sp³-hybridized carbons (Fsp3) is 0.727. The molecule has 0 atom stereocenters. The topological polar surface area (TPSA) is 42.5 Å². The van der Waals surface area contributed by atoms with Crippen molar-refractivity contribution in [1.29, 1.82) is 0 Å². The first-order valence-corrected chi connectivity index (χ1v) is 10.4. The monoisotopic (exact) mass is 358 g/mol. The molecule has 0 heterocycles. The van der Waals surface area contributed by atoms with Crippen molar-refractivity contribution in [1.82, 2.24) is 10.6 Å². The van der Waals surface area contributed by atoms with Crippen LogP contribution in [0.25, 0.3) is 0 Å². The van der Waals surface area contributed by atoms with Crippen LogP contribution in [0.1, 0.15) is 44.1 Å². The van der Waals surface area contributed by atoms with Gasteiger partial charge in [0.25, 0.3) is 0 Å². The minimum Gasteiger partial charge on any atom is -0.497 e. The Labute approximate surface area is 158 Å². The molecule has 26 heavy (non-hydrogen) atoms. The number of methoxy groups -OCH3 is 2. The second-order valence-corrected chi connectivity index (χ2v) is 8.80. The van der Waals surface area contributed by atoms with Gasteiger partial charge in [0.1, 0.15) is 11.5 Å². The zero-order valence-corrected chi connectivity index (χ0v) is 16.4. The van der Waals surface area contributed by atoms with Crippen molar-refractivity contribution in [3.63, 3.8) is 0 Å². The normalized spacial score (nSPS) is 32.0. The van der Waals surface area contributed by atoms with Crippen molar-refractivity contribution in [3.8, 4) is 11.5 Å². The predicted molar refractivity (Wildman–Crippen MR) is 105 cm³/mol. The molecule has 1 aromatic rings. The number of benzene rings is 1. The Balaban J connectivity index is 1.19. The van der Waals surface area contributed by atoms with Crippen LogP contribution in [-0.4, -0.2) is 39.4 Å². The van der Waals surface area contributed by atoms with E-state index in [9.17, 15) is 0 Å². The maximum absolute atomic E-state index is 5.47. The van der Waals surface area contributed by atoms with Crippen molar-refractivity contribution in [2.24, 2.45) is 17.8 Å². The number of rotatable bonds is 9. The Kier molecular flexibility index (Phi) is 5.42. The van der Waals surface area contributed by atoms with Gasteiger partial charge in [-0.3, -0.25) is 0 Å². The Morgan fingerprint density at radius 1 is 0.923 bits per heavy atom. The third-order valence-electron chi connectivity index (χ3n) is 6.90. The van der Waals surface area contributed by atoms with E-state index in [0.717, 1.165) is 55.3 Å². The highest BCUT2D eigenvalue weighted by atomic mass is 16.5. The molecule has 4 fully saturated rings. The molecule has 4 aliphatic rings. The minimum atomic E-state index is 0.479. The predicted octanol–water partition coefficient (Wildman–Crippen LogP) is 3.39. The summed E-state index contributed by atoms with van der Waals surface area (Å²) in [6.45, 7) is 3.08. The molecule has 0 saturated heterocycles. The highest BCUT2D eigenvalue weighted by molar-refractivity contribution is 5.40. The molecule has 0 radical (unpaired) electrons. The van der Waals surface area contributed by atoms with Gasteiger partial charge in [-0.1, -0.05) is 0 Å². The van der Waals surface area contributed by atoms with E-state index in [1.807, 2.05) is 12.1 Å². The zero-order chi connectivity index (χ0) is 18.0. The van der Waals surface area contributed by atoms with Gasteiger partial charge in [-0.25, -0.2) is 0 Å². The van der Waals surface area contributed by atoms with Crippen molar-refractivity contribution in [2.75, 3.05) is 33.9 Å². The van der Waals surface area contributed by atoms with E-state index in [4.69, 9.17) is 9.47 Å². The Bertz CT molecular complexity index is 581. The van der Waals surface area contributed by atoms with Crippen LogP contribution in [0.4, 0.5) is 0 Å². The molecule has 0 aromatic heterocycles. The van der Waals surface area contributed by atoms with Crippen LogP contribution >= 0.6 is 0 Å². The summed E-state index contributed by atoms with van der Waals surface area (Å²) >= 11 is 0. The molecule has 0 aliphatic heterocycles. The zero-order valence-electron chi connectivity index (χ0n) is 16.4. The summed E-state index contributed by atoms with van der Waals surface area (Å²) < 4.78 is 10.8. The maximum atomic E-state index is 5.47. The summed E-state index contributed by atoms with van der Waals surface area (Å²) in [4.78, 5) is 0. The van der Waals surface area contributed by atoms with E-state index in [1.165, 1.54) is 44.1 Å². The lowest BCUT2D eigenvalue weighted by Gasteiger charge is -2.57. The van der Waals surface area contributed by atoms with Gasteiger partial charge >= 0.3 is 0 Å². The number of hydrogen-bond donors (Lipinski definition) is 2. The fourth-order valence-corrected chi connectivity index (χ4v) is 6.17. The largest absolute Gasteiger partial charge is 0.497 e. The average Bonchev–Trinajstić information content (AvgIpc) is 2.63. The van der Waals surface area contributed by atoms with Gasteiger partial charge in [0.2, 0.25) is 0 Å². The van der Waals surface area contributed by atoms with Crippen LogP contribution < -0.4 is 20.1 Å². The van der Waals surface area contributed by atoms with Crippen molar-refractivity contribution in [3.05, 3.63) is 23.8 Å². The number of hydrogen-bond acceptors (Lipinski definition) is 4. The number of ether oxygens (including phenoxy) is 2. The molecule has 4 saturated carbocycles. The summed E-state index contributed by atoms with van der Waals surface area (Å²) in [6.07, 6.45) is 9.79. The SMILES string of the molecule is COc1ccc(OC)c(CCNCCNC23CC4CC(CC(C4)C2)C3)c1. The van der Waals surface area contributed by atoms with Gasteiger partial charge in [0.15, 0.2) is 0 Å². The fourth-order valence-electron chi connectivity index (χ4n) is 6.17. The standard InChI is InChI=1S/C22H34N2O2/c1-25-20-3-4-21(26-2)19(12-20)5-6-23-7-8-24-22-13-16-9-17(14-22)11-18(10-16)15-22/h3-4,12,16-18,23-24H,5-11,13-15H2,1-2H3. The van der Waals surface area contributed by atoms with Crippen LogP contribution in [0.5, 0.6) is 11.5 Å². The maximum Gasteiger partial charge on any atom is 0.122 e.